The van der Waals surface area contributed by atoms with Gasteiger partial charge in [0.25, 0.3) is 11.6 Å². The Morgan fingerprint density at radius 2 is 1.89 bits per heavy atom. The molecule has 0 saturated heterocycles. The van der Waals surface area contributed by atoms with Crippen molar-refractivity contribution in [3.05, 3.63) is 101 Å². The fraction of sp³-hybridized carbons (Fsp3) is 0.0385. The Labute approximate surface area is 213 Å². The van der Waals surface area contributed by atoms with E-state index < -0.39 is 10.8 Å². The molecule has 4 aromatic carbocycles. The highest BCUT2D eigenvalue weighted by Crippen LogP contribution is 2.38. The van der Waals surface area contributed by atoms with E-state index in [0.717, 1.165) is 25.3 Å². The number of thiazole rings is 1. The summed E-state index contributed by atoms with van der Waals surface area (Å²) < 4.78 is 7.39. The monoisotopic (exact) mass is 514 g/mol. The van der Waals surface area contributed by atoms with Gasteiger partial charge in [-0.2, -0.15) is 5.10 Å². The van der Waals surface area contributed by atoms with Crippen molar-refractivity contribution in [2.24, 2.45) is 5.10 Å². The Morgan fingerprint density at radius 3 is 2.75 bits per heavy atom. The van der Waals surface area contributed by atoms with Crippen LogP contribution in [0.4, 0.5) is 5.69 Å². The lowest BCUT2D eigenvalue weighted by atomic mass is 10.1. The molecule has 5 aromatic rings. The lowest BCUT2D eigenvalue weighted by Crippen LogP contribution is -2.24. The van der Waals surface area contributed by atoms with Crippen molar-refractivity contribution in [2.45, 2.75) is 9.24 Å². The highest BCUT2D eigenvalue weighted by atomic mass is 32.2. The van der Waals surface area contributed by atoms with Gasteiger partial charge in [-0.25, -0.2) is 10.4 Å². The van der Waals surface area contributed by atoms with Crippen LogP contribution >= 0.6 is 23.1 Å². The Kier molecular flexibility index (Phi) is 6.87. The van der Waals surface area contributed by atoms with Crippen LogP contribution in [0.2, 0.25) is 0 Å². The summed E-state index contributed by atoms with van der Waals surface area (Å²) in [6.07, 6.45) is 1.36. The topological polar surface area (TPSA) is 107 Å². The quantitative estimate of drug-likeness (QED) is 0.154. The Morgan fingerprint density at radius 1 is 1.08 bits per heavy atom. The largest absolute Gasteiger partial charge is 0.483 e. The maximum Gasteiger partial charge on any atom is 0.283 e. The molecule has 10 heteroatoms. The summed E-state index contributed by atoms with van der Waals surface area (Å²) in [6, 6.07) is 25.8. The summed E-state index contributed by atoms with van der Waals surface area (Å²) >= 11 is 2.73. The Bertz CT molecular complexity index is 1580. The van der Waals surface area contributed by atoms with Crippen LogP contribution in [0, 0.1) is 10.1 Å². The SMILES string of the molecule is O=C(COc1cccc2ccccc12)NN=Cc1ccc(Sc2nc3ccccc3s2)c([N+](=O)[O-])c1. The molecule has 178 valence electrons. The Balaban J connectivity index is 1.22. The average molecular weight is 515 g/mol. The molecule has 0 aliphatic carbocycles. The zero-order valence-electron chi connectivity index (χ0n) is 18.7. The predicted molar refractivity (Wildman–Crippen MR) is 142 cm³/mol. The van der Waals surface area contributed by atoms with Crippen molar-refractivity contribution >= 4 is 61.9 Å². The second-order valence-corrected chi connectivity index (χ2v) is 9.91. The number of hydrogen-bond donors (Lipinski definition) is 1. The van der Waals surface area contributed by atoms with Gasteiger partial charge in [0, 0.05) is 17.0 Å². The van der Waals surface area contributed by atoms with Gasteiger partial charge >= 0.3 is 0 Å². The zero-order valence-corrected chi connectivity index (χ0v) is 20.3. The van der Waals surface area contributed by atoms with Gasteiger partial charge in [0.05, 0.1) is 26.3 Å². The number of nitro groups is 1. The van der Waals surface area contributed by atoms with Crippen LogP contribution in [0.3, 0.4) is 0 Å². The number of carbonyl (C=O) groups is 1. The standard InChI is InChI=1S/C26H18N4O4S2/c31-25(16-34-22-10-5-7-18-6-1-2-8-19(18)22)29-27-15-17-12-13-24(21(14-17)30(32)33)36-26-28-20-9-3-4-11-23(20)35-26/h1-15H,16H2,(H,29,31). The number of hydrazone groups is 1. The van der Waals surface area contributed by atoms with Gasteiger partial charge in [0.15, 0.2) is 10.9 Å². The third-order valence-electron chi connectivity index (χ3n) is 5.16. The van der Waals surface area contributed by atoms with E-state index in [4.69, 9.17) is 4.74 Å². The van der Waals surface area contributed by atoms with Gasteiger partial charge < -0.3 is 4.74 Å². The van der Waals surface area contributed by atoms with Gasteiger partial charge in [-0.3, -0.25) is 14.9 Å². The molecule has 36 heavy (non-hydrogen) atoms. The summed E-state index contributed by atoms with van der Waals surface area (Å²) in [7, 11) is 0. The van der Waals surface area contributed by atoms with Crippen LogP contribution < -0.4 is 10.2 Å². The Hall–Kier alpha value is -4.28. The van der Waals surface area contributed by atoms with E-state index in [1.165, 1.54) is 35.4 Å². The third kappa shape index (κ3) is 5.35. The molecule has 1 aromatic heterocycles. The number of ether oxygens (including phenoxy) is 1. The first-order valence-corrected chi connectivity index (χ1v) is 12.4. The van der Waals surface area contributed by atoms with Gasteiger partial charge in [-0.05, 0) is 29.7 Å². The summed E-state index contributed by atoms with van der Waals surface area (Å²) in [4.78, 5) is 28.4. The molecular weight excluding hydrogens is 496 g/mol. The first-order chi connectivity index (χ1) is 17.6. The van der Waals surface area contributed by atoms with Crippen LogP contribution in [0.5, 0.6) is 5.75 Å². The average Bonchev–Trinajstić information content (AvgIpc) is 3.30. The first-order valence-electron chi connectivity index (χ1n) is 10.8. The van der Waals surface area contributed by atoms with Crippen molar-refractivity contribution in [3.8, 4) is 5.75 Å². The van der Waals surface area contributed by atoms with E-state index in [1.54, 1.807) is 18.2 Å². The first kappa shape index (κ1) is 23.5. The van der Waals surface area contributed by atoms with Crippen molar-refractivity contribution in [1.29, 1.82) is 0 Å². The second-order valence-electron chi connectivity index (χ2n) is 7.59. The summed E-state index contributed by atoms with van der Waals surface area (Å²) in [6.45, 7) is -0.219. The molecule has 0 fully saturated rings. The van der Waals surface area contributed by atoms with Crippen molar-refractivity contribution in [3.63, 3.8) is 0 Å². The normalized spacial score (nSPS) is 11.2. The molecule has 5 rings (SSSR count). The lowest BCUT2D eigenvalue weighted by Gasteiger charge is -2.08. The van der Waals surface area contributed by atoms with Crippen molar-refractivity contribution in [1.82, 2.24) is 10.4 Å². The van der Waals surface area contributed by atoms with Crippen molar-refractivity contribution in [2.75, 3.05) is 6.61 Å². The second kappa shape index (κ2) is 10.5. The summed E-state index contributed by atoms with van der Waals surface area (Å²) in [5.41, 5.74) is 3.66. The highest BCUT2D eigenvalue weighted by Gasteiger charge is 2.17. The van der Waals surface area contributed by atoms with Crippen LogP contribution in [-0.2, 0) is 4.79 Å². The lowest BCUT2D eigenvalue weighted by molar-refractivity contribution is -0.387. The molecule has 0 saturated carbocycles. The van der Waals surface area contributed by atoms with E-state index in [-0.39, 0.29) is 12.3 Å². The molecule has 0 atom stereocenters. The molecule has 1 N–H and O–H groups in total. The van der Waals surface area contributed by atoms with Gasteiger partial charge in [-0.15, -0.1) is 11.3 Å². The molecular formula is C26H18N4O4S2. The zero-order chi connectivity index (χ0) is 24.9. The molecule has 1 amide bonds. The molecule has 0 radical (unpaired) electrons. The van der Waals surface area contributed by atoms with Gasteiger partial charge in [-0.1, -0.05) is 66.4 Å². The number of para-hydroxylation sites is 1. The van der Waals surface area contributed by atoms with E-state index in [0.29, 0.717) is 16.2 Å². The fourth-order valence-electron chi connectivity index (χ4n) is 3.51. The van der Waals surface area contributed by atoms with Gasteiger partial charge in [0.1, 0.15) is 5.75 Å². The van der Waals surface area contributed by atoms with E-state index in [2.05, 4.69) is 15.5 Å². The number of benzene rings is 4. The van der Waals surface area contributed by atoms with Crippen LogP contribution in [0.25, 0.3) is 21.0 Å². The molecule has 0 unspecified atom stereocenters. The number of amides is 1. The number of carbonyl (C=O) groups excluding carboxylic acids is 1. The summed E-state index contributed by atoms with van der Waals surface area (Å²) in [5, 5.41) is 17.5. The number of hydrogen-bond acceptors (Lipinski definition) is 8. The van der Waals surface area contributed by atoms with E-state index in [1.807, 2.05) is 60.7 Å². The van der Waals surface area contributed by atoms with Crippen LogP contribution in [-0.4, -0.2) is 28.6 Å². The van der Waals surface area contributed by atoms with Crippen LogP contribution in [0.15, 0.2) is 99.3 Å². The molecule has 0 bridgehead atoms. The molecule has 0 aliphatic rings. The number of nitro benzene ring substituents is 1. The predicted octanol–water partition coefficient (Wildman–Crippen LogP) is 6.04. The molecule has 8 nitrogen and oxygen atoms in total. The van der Waals surface area contributed by atoms with Crippen molar-refractivity contribution < 1.29 is 14.5 Å². The number of nitrogens with one attached hydrogen (secondary N) is 1. The van der Waals surface area contributed by atoms with E-state index >= 15 is 0 Å². The third-order valence-corrected chi connectivity index (χ3v) is 7.32. The number of rotatable bonds is 8. The highest BCUT2D eigenvalue weighted by molar-refractivity contribution is 8.01. The smallest absolute Gasteiger partial charge is 0.283 e. The minimum absolute atomic E-state index is 0.0613. The maximum atomic E-state index is 12.2. The van der Waals surface area contributed by atoms with Gasteiger partial charge in [0.2, 0.25) is 0 Å². The summed E-state index contributed by atoms with van der Waals surface area (Å²) in [5.74, 6) is 0.153. The number of aromatic nitrogens is 1. The number of nitrogens with zero attached hydrogens (tertiary/aromatic N) is 3. The molecule has 1 heterocycles. The molecule has 0 spiro atoms. The fourth-order valence-corrected chi connectivity index (χ4v) is 5.62. The molecule has 0 aliphatic heterocycles. The number of fused-ring (bicyclic) bond motifs is 2. The van der Waals surface area contributed by atoms with E-state index in [9.17, 15) is 14.9 Å². The van der Waals surface area contributed by atoms with Crippen LogP contribution in [0.1, 0.15) is 5.56 Å². The minimum Gasteiger partial charge on any atom is -0.483 e. The maximum absolute atomic E-state index is 12.2. The minimum atomic E-state index is -0.448.